The molecule has 0 aromatic carbocycles. The van der Waals surface area contributed by atoms with E-state index in [1.54, 1.807) is 0 Å². The van der Waals surface area contributed by atoms with Crippen molar-refractivity contribution < 1.29 is 0 Å². The molecule has 0 aromatic rings. The molecule has 0 spiro atoms. The molecule has 0 aromatic heterocycles. The van der Waals surface area contributed by atoms with Crippen LogP contribution in [-0.2, 0) is 0 Å². The third kappa shape index (κ3) is 4.69. The maximum Gasteiger partial charge on any atom is 0.0249 e. The van der Waals surface area contributed by atoms with E-state index < -0.39 is 0 Å². The summed E-state index contributed by atoms with van der Waals surface area (Å²) in [4.78, 5) is 0. The summed E-state index contributed by atoms with van der Waals surface area (Å²) in [5, 5.41) is 0. The Labute approximate surface area is 131 Å². The van der Waals surface area contributed by atoms with Gasteiger partial charge < -0.3 is 11.5 Å². The standard InChI is InChI=1S/C19H34N2/c1-3-18(20)16-9-5-14(6-10-16)13-15-7-11-17(12-8-15)19(21)4-2/h3-4,14-19H,1-2,5-13,20-21H2. The van der Waals surface area contributed by atoms with E-state index in [9.17, 15) is 0 Å². The lowest BCUT2D eigenvalue weighted by Gasteiger charge is -2.36. The lowest BCUT2D eigenvalue weighted by atomic mass is 9.71. The summed E-state index contributed by atoms with van der Waals surface area (Å²) in [5.74, 6) is 3.24. The molecule has 0 saturated heterocycles. The first kappa shape index (κ1) is 16.8. The second kappa shape index (κ2) is 8.14. The molecule has 2 rings (SSSR count). The van der Waals surface area contributed by atoms with E-state index in [-0.39, 0.29) is 12.1 Å². The highest BCUT2D eigenvalue weighted by atomic mass is 14.6. The van der Waals surface area contributed by atoms with Gasteiger partial charge >= 0.3 is 0 Å². The SMILES string of the molecule is C=CC(N)C1CCC(CC2CCC(C(N)C=C)CC2)CC1. The van der Waals surface area contributed by atoms with Crippen LogP contribution < -0.4 is 11.5 Å². The Morgan fingerprint density at radius 1 is 0.714 bits per heavy atom. The van der Waals surface area contributed by atoms with Crippen LogP contribution in [-0.4, -0.2) is 12.1 Å². The van der Waals surface area contributed by atoms with Gasteiger partial charge in [-0.2, -0.15) is 0 Å². The molecule has 0 amide bonds. The molecule has 2 nitrogen and oxygen atoms in total. The highest BCUT2D eigenvalue weighted by molar-refractivity contribution is 4.92. The maximum atomic E-state index is 6.10. The third-order valence-corrected chi connectivity index (χ3v) is 6.08. The minimum absolute atomic E-state index is 0.210. The first-order chi connectivity index (χ1) is 10.1. The Morgan fingerprint density at radius 2 is 1.05 bits per heavy atom. The Hall–Kier alpha value is -0.600. The fourth-order valence-corrected chi connectivity index (χ4v) is 4.47. The Balaban J connectivity index is 1.68. The zero-order valence-electron chi connectivity index (χ0n) is 13.6. The first-order valence-corrected chi connectivity index (χ1v) is 8.90. The highest BCUT2D eigenvalue weighted by Gasteiger charge is 2.29. The van der Waals surface area contributed by atoms with Gasteiger partial charge in [-0.1, -0.05) is 37.8 Å². The monoisotopic (exact) mass is 290 g/mol. The van der Waals surface area contributed by atoms with E-state index in [1.807, 2.05) is 12.2 Å². The largest absolute Gasteiger partial charge is 0.324 e. The van der Waals surface area contributed by atoms with Crippen LogP contribution in [0.5, 0.6) is 0 Å². The number of nitrogens with two attached hydrogens (primary N) is 2. The van der Waals surface area contributed by atoms with Gasteiger partial charge in [0.05, 0.1) is 0 Å². The summed E-state index contributed by atoms with van der Waals surface area (Å²) in [7, 11) is 0. The maximum absolute atomic E-state index is 6.10. The minimum Gasteiger partial charge on any atom is -0.324 e. The topological polar surface area (TPSA) is 52.0 Å². The molecule has 4 N–H and O–H groups in total. The van der Waals surface area contributed by atoms with Crippen LogP contribution in [0.15, 0.2) is 25.3 Å². The smallest absolute Gasteiger partial charge is 0.0249 e. The molecule has 2 unspecified atom stereocenters. The summed E-state index contributed by atoms with van der Waals surface area (Å²) < 4.78 is 0. The van der Waals surface area contributed by atoms with Crippen molar-refractivity contribution in [2.45, 2.75) is 69.9 Å². The average molecular weight is 290 g/mol. The molecular weight excluding hydrogens is 256 g/mol. The van der Waals surface area contributed by atoms with Crippen LogP contribution in [0.1, 0.15) is 57.8 Å². The predicted octanol–water partition coefficient (Wildman–Crippen LogP) is 4.02. The van der Waals surface area contributed by atoms with Crippen molar-refractivity contribution >= 4 is 0 Å². The Bertz CT molecular complexity index is 290. The van der Waals surface area contributed by atoms with Crippen molar-refractivity contribution in [3.63, 3.8) is 0 Å². The van der Waals surface area contributed by atoms with Crippen molar-refractivity contribution in [2.75, 3.05) is 0 Å². The molecule has 120 valence electrons. The molecule has 0 aliphatic heterocycles. The normalized spacial score (nSPS) is 36.7. The van der Waals surface area contributed by atoms with E-state index in [4.69, 9.17) is 11.5 Å². The summed E-state index contributed by atoms with van der Waals surface area (Å²) in [5.41, 5.74) is 12.2. The molecule has 2 fully saturated rings. The summed E-state index contributed by atoms with van der Waals surface area (Å²) in [6.45, 7) is 7.67. The van der Waals surface area contributed by atoms with E-state index >= 15 is 0 Å². The Kier molecular flexibility index (Phi) is 6.50. The average Bonchev–Trinajstić information content (AvgIpc) is 2.55. The molecule has 0 bridgehead atoms. The minimum atomic E-state index is 0.210. The molecule has 2 saturated carbocycles. The fraction of sp³-hybridized carbons (Fsp3) is 0.789. The Morgan fingerprint density at radius 3 is 1.33 bits per heavy atom. The lowest BCUT2D eigenvalue weighted by Crippen LogP contribution is -2.33. The van der Waals surface area contributed by atoms with Gasteiger partial charge in [-0.3, -0.25) is 0 Å². The molecule has 0 radical (unpaired) electrons. The third-order valence-electron chi connectivity index (χ3n) is 6.08. The van der Waals surface area contributed by atoms with Crippen LogP contribution in [0.2, 0.25) is 0 Å². The molecule has 2 aliphatic carbocycles. The number of hydrogen-bond acceptors (Lipinski definition) is 2. The van der Waals surface area contributed by atoms with Gasteiger partial charge in [-0.15, -0.1) is 13.2 Å². The second-order valence-electron chi connectivity index (χ2n) is 7.42. The van der Waals surface area contributed by atoms with Crippen LogP contribution >= 0.6 is 0 Å². The van der Waals surface area contributed by atoms with Crippen LogP contribution in [0.3, 0.4) is 0 Å². The van der Waals surface area contributed by atoms with E-state index in [1.165, 1.54) is 57.8 Å². The van der Waals surface area contributed by atoms with Crippen molar-refractivity contribution in [3.8, 4) is 0 Å². The van der Waals surface area contributed by atoms with Gasteiger partial charge in [0.15, 0.2) is 0 Å². The summed E-state index contributed by atoms with van der Waals surface area (Å²) in [6, 6.07) is 0.420. The van der Waals surface area contributed by atoms with Crippen molar-refractivity contribution in [3.05, 3.63) is 25.3 Å². The number of rotatable bonds is 6. The van der Waals surface area contributed by atoms with Gasteiger partial charge in [-0.25, -0.2) is 0 Å². The zero-order valence-corrected chi connectivity index (χ0v) is 13.6. The van der Waals surface area contributed by atoms with Gasteiger partial charge in [0, 0.05) is 12.1 Å². The first-order valence-electron chi connectivity index (χ1n) is 8.90. The van der Waals surface area contributed by atoms with E-state index in [0.29, 0.717) is 11.8 Å². The van der Waals surface area contributed by atoms with Crippen LogP contribution in [0, 0.1) is 23.7 Å². The molecule has 0 heterocycles. The van der Waals surface area contributed by atoms with Gasteiger partial charge in [0.1, 0.15) is 0 Å². The van der Waals surface area contributed by atoms with E-state index in [0.717, 1.165) is 11.8 Å². The summed E-state index contributed by atoms with van der Waals surface area (Å²) in [6.07, 6.45) is 16.0. The van der Waals surface area contributed by atoms with Crippen molar-refractivity contribution in [2.24, 2.45) is 35.1 Å². The summed E-state index contributed by atoms with van der Waals surface area (Å²) >= 11 is 0. The fourth-order valence-electron chi connectivity index (χ4n) is 4.47. The molecular formula is C19H34N2. The second-order valence-corrected chi connectivity index (χ2v) is 7.42. The van der Waals surface area contributed by atoms with Crippen molar-refractivity contribution in [1.82, 2.24) is 0 Å². The lowest BCUT2D eigenvalue weighted by molar-refractivity contribution is 0.183. The number of hydrogen-bond donors (Lipinski definition) is 2. The molecule has 2 aliphatic rings. The van der Waals surface area contributed by atoms with Gasteiger partial charge in [-0.05, 0) is 55.8 Å². The zero-order chi connectivity index (χ0) is 15.2. The highest BCUT2D eigenvalue weighted by Crippen LogP contribution is 2.39. The quantitative estimate of drug-likeness (QED) is 0.726. The molecule has 21 heavy (non-hydrogen) atoms. The van der Waals surface area contributed by atoms with E-state index in [2.05, 4.69) is 13.2 Å². The predicted molar refractivity (Wildman–Crippen MR) is 91.9 cm³/mol. The molecule has 2 atom stereocenters. The molecule has 2 heteroatoms. The van der Waals surface area contributed by atoms with Gasteiger partial charge in [0.25, 0.3) is 0 Å². The van der Waals surface area contributed by atoms with Crippen molar-refractivity contribution in [1.29, 1.82) is 0 Å². The van der Waals surface area contributed by atoms with Crippen LogP contribution in [0.4, 0.5) is 0 Å². The van der Waals surface area contributed by atoms with Crippen LogP contribution in [0.25, 0.3) is 0 Å². The van der Waals surface area contributed by atoms with Gasteiger partial charge in [0.2, 0.25) is 0 Å².